The van der Waals surface area contributed by atoms with Gasteiger partial charge < -0.3 is 5.32 Å². The van der Waals surface area contributed by atoms with Crippen LogP contribution in [0.5, 0.6) is 0 Å². The van der Waals surface area contributed by atoms with Gasteiger partial charge in [0.2, 0.25) is 11.1 Å². The molecule has 4 rings (SSSR count). The summed E-state index contributed by atoms with van der Waals surface area (Å²) < 4.78 is 39.4. The van der Waals surface area contributed by atoms with E-state index in [-0.39, 0.29) is 17.3 Å². The Morgan fingerprint density at radius 2 is 1.70 bits per heavy atom. The predicted octanol–water partition coefficient (Wildman–Crippen LogP) is 4.54. The Labute approximate surface area is 173 Å². The van der Waals surface area contributed by atoms with Crippen LogP contribution in [0.4, 0.5) is 18.9 Å². The number of carbonyl (C=O) groups excluding carboxylic acids is 1. The maximum Gasteiger partial charge on any atom is 0.416 e. The monoisotopic (exact) mass is 429 g/mol. The van der Waals surface area contributed by atoms with Crippen LogP contribution >= 0.6 is 11.8 Å². The summed E-state index contributed by atoms with van der Waals surface area (Å²) in [5, 5.41) is 15.6. The molecule has 0 saturated carbocycles. The van der Waals surface area contributed by atoms with Gasteiger partial charge in [0, 0.05) is 11.3 Å². The zero-order valence-electron chi connectivity index (χ0n) is 15.3. The van der Waals surface area contributed by atoms with Crippen molar-refractivity contribution in [3.05, 3.63) is 72.3 Å². The first-order chi connectivity index (χ1) is 14.4. The SMILES string of the molecule is O=C(CSc1nnc2ccc(-c3ccccc3)nn12)Nc1ccc(C(F)(F)F)cc1. The average molecular weight is 429 g/mol. The molecule has 0 fully saturated rings. The molecule has 6 nitrogen and oxygen atoms in total. The standard InChI is InChI=1S/C20H14F3N5OS/c21-20(22,23)14-6-8-15(9-7-14)24-18(29)12-30-19-26-25-17-11-10-16(27-28(17)19)13-4-2-1-3-5-13/h1-11H,12H2,(H,24,29). The second-order valence-electron chi connectivity index (χ2n) is 6.25. The average Bonchev–Trinajstić information content (AvgIpc) is 3.15. The number of carbonyl (C=O) groups is 1. The molecule has 152 valence electrons. The van der Waals surface area contributed by atoms with E-state index in [1.165, 1.54) is 12.1 Å². The summed E-state index contributed by atoms with van der Waals surface area (Å²) in [5.74, 6) is -0.380. The summed E-state index contributed by atoms with van der Waals surface area (Å²) in [6.45, 7) is 0. The number of amides is 1. The van der Waals surface area contributed by atoms with E-state index in [9.17, 15) is 18.0 Å². The number of fused-ring (bicyclic) bond motifs is 1. The Morgan fingerprint density at radius 3 is 2.40 bits per heavy atom. The molecule has 0 aliphatic heterocycles. The first-order valence-electron chi connectivity index (χ1n) is 8.78. The molecule has 4 aromatic rings. The van der Waals surface area contributed by atoms with Crippen LogP contribution in [0.15, 0.2) is 71.9 Å². The number of hydrogen-bond donors (Lipinski definition) is 1. The Balaban J connectivity index is 1.44. The molecule has 0 atom stereocenters. The molecular weight excluding hydrogens is 415 g/mol. The Bertz CT molecular complexity index is 1180. The molecular formula is C20H14F3N5OS. The number of rotatable bonds is 5. The van der Waals surface area contributed by atoms with Gasteiger partial charge in [0.1, 0.15) is 0 Å². The molecule has 2 heterocycles. The minimum Gasteiger partial charge on any atom is -0.325 e. The van der Waals surface area contributed by atoms with Crippen molar-refractivity contribution in [1.82, 2.24) is 19.8 Å². The van der Waals surface area contributed by atoms with Crippen molar-refractivity contribution in [2.75, 3.05) is 11.1 Å². The maximum absolute atomic E-state index is 12.6. The molecule has 1 amide bonds. The third kappa shape index (κ3) is 4.43. The van der Waals surface area contributed by atoms with Gasteiger partial charge in [-0.2, -0.15) is 22.8 Å². The minimum absolute atomic E-state index is 0.000932. The fourth-order valence-corrected chi connectivity index (χ4v) is 3.38. The Kier molecular flexibility index (Phi) is 5.40. The summed E-state index contributed by atoms with van der Waals surface area (Å²) >= 11 is 1.13. The number of nitrogens with zero attached hydrogens (tertiary/aromatic N) is 4. The molecule has 30 heavy (non-hydrogen) atoms. The number of benzene rings is 2. The summed E-state index contributed by atoms with van der Waals surface area (Å²) in [7, 11) is 0. The van der Waals surface area contributed by atoms with Gasteiger partial charge in [-0.05, 0) is 36.4 Å². The normalized spacial score (nSPS) is 11.6. The number of anilines is 1. The van der Waals surface area contributed by atoms with E-state index in [4.69, 9.17) is 0 Å². The Hall–Kier alpha value is -3.40. The molecule has 0 aliphatic carbocycles. The minimum atomic E-state index is -4.42. The van der Waals surface area contributed by atoms with Gasteiger partial charge in [0.05, 0.1) is 17.0 Å². The molecule has 0 radical (unpaired) electrons. The van der Waals surface area contributed by atoms with E-state index in [0.717, 1.165) is 35.2 Å². The van der Waals surface area contributed by atoms with Gasteiger partial charge in [-0.15, -0.1) is 10.2 Å². The summed E-state index contributed by atoms with van der Waals surface area (Å²) in [5.41, 5.74) is 1.72. The quantitative estimate of drug-likeness (QED) is 0.472. The first-order valence-corrected chi connectivity index (χ1v) is 9.76. The highest BCUT2D eigenvalue weighted by Gasteiger charge is 2.30. The summed E-state index contributed by atoms with van der Waals surface area (Å²) in [6, 6.07) is 17.5. The first kappa shape index (κ1) is 19.9. The zero-order chi connectivity index (χ0) is 21.1. The number of thioether (sulfide) groups is 1. The molecule has 0 unspecified atom stereocenters. The van der Waals surface area contributed by atoms with Gasteiger partial charge in [0.25, 0.3) is 0 Å². The van der Waals surface area contributed by atoms with Gasteiger partial charge in [0.15, 0.2) is 5.65 Å². The lowest BCUT2D eigenvalue weighted by Crippen LogP contribution is -2.14. The molecule has 0 saturated heterocycles. The topological polar surface area (TPSA) is 72.2 Å². The van der Waals surface area contributed by atoms with Crippen molar-refractivity contribution < 1.29 is 18.0 Å². The van der Waals surface area contributed by atoms with E-state index < -0.39 is 11.7 Å². The lowest BCUT2D eigenvalue weighted by atomic mass is 10.1. The van der Waals surface area contributed by atoms with Crippen LogP contribution in [0, 0.1) is 0 Å². The summed E-state index contributed by atoms with van der Waals surface area (Å²) in [6.07, 6.45) is -4.42. The van der Waals surface area contributed by atoms with Crippen molar-refractivity contribution in [3.8, 4) is 11.3 Å². The smallest absolute Gasteiger partial charge is 0.325 e. The van der Waals surface area contributed by atoms with Crippen molar-refractivity contribution in [3.63, 3.8) is 0 Å². The van der Waals surface area contributed by atoms with E-state index >= 15 is 0 Å². The van der Waals surface area contributed by atoms with Crippen LogP contribution in [0.25, 0.3) is 16.9 Å². The number of alkyl halides is 3. The zero-order valence-corrected chi connectivity index (χ0v) is 16.1. The highest BCUT2D eigenvalue weighted by Crippen LogP contribution is 2.30. The van der Waals surface area contributed by atoms with Gasteiger partial charge in [-0.3, -0.25) is 4.79 Å². The van der Waals surface area contributed by atoms with Crippen LogP contribution in [-0.4, -0.2) is 31.5 Å². The molecule has 10 heteroatoms. The van der Waals surface area contributed by atoms with Crippen molar-refractivity contribution in [2.24, 2.45) is 0 Å². The van der Waals surface area contributed by atoms with Crippen LogP contribution < -0.4 is 5.32 Å². The fourth-order valence-electron chi connectivity index (χ4n) is 2.69. The van der Waals surface area contributed by atoms with Crippen molar-refractivity contribution in [1.29, 1.82) is 0 Å². The number of hydrogen-bond acceptors (Lipinski definition) is 5. The number of halogens is 3. The predicted molar refractivity (Wildman–Crippen MR) is 107 cm³/mol. The second-order valence-corrected chi connectivity index (χ2v) is 7.19. The number of aromatic nitrogens is 4. The Morgan fingerprint density at radius 1 is 0.967 bits per heavy atom. The van der Waals surface area contributed by atoms with Crippen molar-refractivity contribution in [2.45, 2.75) is 11.3 Å². The van der Waals surface area contributed by atoms with E-state index in [2.05, 4.69) is 20.6 Å². The lowest BCUT2D eigenvalue weighted by molar-refractivity contribution is -0.137. The molecule has 0 aliphatic rings. The van der Waals surface area contributed by atoms with Crippen molar-refractivity contribution >= 4 is 29.0 Å². The van der Waals surface area contributed by atoms with E-state index in [1.807, 2.05) is 36.4 Å². The van der Waals surface area contributed by atoms with Gasteiger partial charge >= 0.3 is 6.18 Å². The molecule has 1 N–H and O–H groups in total. The van der Waals surface area contributed by atoms with Crippen LogP contribution in [0.2, 0.25) is 0 Å². The number of nitrogens with one attached hydrogen (secondary N) is 1. The van der Waals surface area contributed by atoms with Gasteiger partial charge in [-0.1, -0.05) is 42.1 Å². The fraction of sp³-hybridized carbons (Fsp3) is 0.100. The highest BCUT2D eigenvalue weighted by molar-refractivity contribution is 7.99. The van der Waals surface area contributed by atoms with Gasteiger partial charge in [-0.25, -0.2) is 0 Å². The third-order valence-corrected chi connectivity index (χ3v) is 5.05. The molecule has 2 aromatic carbocycles. The maximum atomic E-state index is 12.6. The lowest BCUT2D eigenvalue weighted by Gasteiger charge is -2.08. The third-order valence-electron chi connectivity index (χ3n) is 4.13. The molecule has 0 spiro atoms. The highest BCUT2D eigenvalue weighted by atomic mass is 32.2. The molecule has 2 aromatic heterocycles. The van der Waals surface area contributed by atoms with E-state index in [1.54, 1.807) is 10.6 Å². The van der Waals surface area contributed by atoms with Crippen LogP contribution in [0.3, 0.4) is 0 Å². The molecule has 0 bridgehead atoms. The van der Waals surface area contributed by atoms with Crippen LogP contribution in [-0.2, 0) is 11.0 Å². The summed E-state index contributed by atoms with van der Waals surface area (Å²) in [4.78, 5) is 12.2. The van der Waals surface area contributed by atoms with E-state index in [0.29, 0.717) is 10.8 Å². The largest absolute Gasteiger partial charge is 0.416 e. The van der Waals surface area contributed by atoms with Crippen LogP contribution in [0.1, 0.15) is 5.56 Å². The second kappa shape index (κ2) is 8.15.